The lowest BCUT2D eigenvalue weighted by Gasteiger charge is -2.35. The molecule has 0 aromatic heterocycles. The van der Waals surface area contributed by atoms with Gasteiger partial charge in [0.05, 0.1) is 0 Å². The van der Waals surface area contributed by atoms with Crippen LogP contribution in [-0.4, -0.2) is 19.3 Å². The molecular formula is C9H16FN. The van der Waals surface area contributed by atoms with Gasteiger partial charge in [-0.15, -0.1) is 0 Å². The Labute approximate surface area is 67.4 Å². The van der Waals surface area contributed by atoms with Crippen LogP contribution in [0.1, 0.15) is 32.1 Å². The van der Waals surface area contributed by atoms with Gasteiger partial charge in [-0.25, -0.2) is 4.39 Å². The molecule has 2 unspecified atom stereocenters. The molecule has 0 aromatic carbocycles. The highest BCUT2D eigenvalue weighted by Gasteiger charge is 2.42. The third-order valence-electron chi connectivity index (χ3n) is 3.32. The molecule has 0 amide bonds. The number of nitrogens with one attached hydrogen (secondary N) is 1. The highest BCUT2D eigenvalue weighted by molar-refractivity contribution is 4.95. The lowest BCUT2D eigenvalue weighted by molar-refractivity contribution is 0.0735. The first kappa shape index (κ1) is 7.53. The van der Waals surface area contributed by atoms with Gasteiger partial charge in [0.2, 0.25) is 0 Å². The lowest BCUT2D eigenvalue weighted by atomic mass is 9.72. The number of hydrogen-bond acceptors (Lipinski definition) is 1. The Bertz CT molecular complexity index is 140. The third-order valence-corrected chi connectivity index (χ3v) is 3.32. The molecule has 1 nitrogen and oxygen atoms in total. The van der Waals surface area contributed by atoms with Gasteiger partial charge in [-0.05, 0) is 25.8 Å². The maximum atomic E-state index is 13.5. The van der Waals surface area contributed by atoms with Crippen LogP contribution in [0, 0.1) is 5.41 Å². The van der Waals surface area contributed by atoms with Gasteiger partial charge in [-0.1, -0.05) is 12.8 Å². The van der Waals surface area contributed by atoms with Crippen molar-refractivity contribution in [3.63, 3.8) is 0 Å². The summed E-state index contributed by atoms with van der Waals surface area (Å²) < 4.78 is 13.5. The minimum atomic E-state index is -0.522. The second-order valence-corrected chi connectivity index (χ2v) is 4.00. The number of hydrogen-bond donors (Lipinski definition) is 1. The van der Waals surface area contributed by atoms with Gasteiger partial charge in [0, 0.05) is 12.0 Å². The standard InChI is InChI=1S/C9H16FN/c10-8-3-1-2-4-9(8)5-6-11-7-9/h8,11H,1-7H2. The van der Waals surface area contributed by atoms with Gasteiger partial charge in [-0.2, -0.15) is 0 Å². The smallest absolute Gasteiger partial charge is 0.107 e. The maximum absolute atomic E-state index is 13.5. The van der Waals surface area contributed by atoms with Crippen molar-refractivity contribution in [3.05, 3.63) is 0 Å². The Kier molecular flexibility index (Phi) is 1.88. The summed E-state index contributed by atoms with van der Waals surface area (Å²) in [5, 5.41) is 3.27. The molecule has 64 valence electrons. The highest BCUT2D eigenvalue weighted by atomic mass is 19.1. The van der Waals surface area contributed by atoms with Crippen LogP contribution < -0.4 is 5.32 Å². The first-order chi connectivity index (χ1) is 5.33. The summed E-state index contributed by atoms with van der Waals surface area (Å²) in [4.78, 5) is 0. The zero-order chi connectivity index (χ0) is 7.73. The van der Waals surface area contributed by atoms with E-state index in [4.69, 9.17) is 0 Å². The lowest BCUT2D eigenvalue weighted by Crippen LogP contribution is -2.37. The van der Waals surface area contributed by atoms with Crippen molar-refractivity contribution in [2.24, 2.45) is 5.41 Å². The summed E-state index contributed by atoms with van der Waals surface area (Å²) in [6, 6.07) is 0. The van der Waals surface area contributed by atoms with Crippen LogP contribution in [0.25, 0.3) is 0 Å². The van der Waals surface area contributed by atoms with E-state index >= 15 is 0 Å². The summed E-state index contributed by atoms with van der Waals surface area (Å²) in [6.07, 6.45) is 4.80. The van der Waals surface area contributed by atoms with Crippen molar-refractivity contribution < 1.29 is 4.39 Å². The van der Waals surface area contributed by atoms with E-state index in [1.54, 1.807) is 0 Å². The highest BCUT2D eigenvalue weighted by Crippen LogP contribution is 2.42. The molecule has 2 fully saturated rings. The molecule has 2 heteroatoms. The average Bonchev–Trinajstić information content (AvgIpc) is 2.46. The number of rotatable bonds is 0. The number of halogens is 1. The molecule has 0 bridgehead atoms. The van der Waals surface area contributed by atoms with Crippen molar-refractivity contribution in [1.82, 2.24) is 5.32 Å². The zero-order valence-corrected chi connectivity index (χ0v) is 6.91. The van der Waals surface area contributed by atoms with Crippen LogP contribution in [-0.2, 0) is 0 Å². The molecule has 11 heavy (non-hydrogen) atoms. The third kappa shape index (κ3) is 1.18. The van der Waals surface area contributed by atoms with E-state index in [-0.39, 0.29) is 5.41 Å². The van der Waals surface area contributed by atoms with Gasteiger partial charge in [-0.3, -0.25) is 0 Å². The second kappa shape index (κ2) is 2.74. The van der Waals surface area contributed by atoms with Crippen molar-refractivity contribution in [2.45, 2.75) is 38.3 Å². The van der Waals surface area contributed by atoms with E-state index in [2.05, 4.69) is 5.32 Å². The van der Waals surface area contributed by atoms with Gasteiger partial charge >= 0.3 is 0 Å². The van der Waals surface area contributed by atoms with Crippen molar-refractivity contribution in [3.8, 4) is 0 Å². The Hall–Kier alpha value is -0.110. The molecule has 1 N–H and O–H groups in total. The average molecular weight is 157 g/mol. The molecule has 0 aromatic rings. The predicted octanol–water partition coefficient (Wildman–Crippen LogP) is 1.88. The van der Waals surface area contributed by atoms with Crippen LogP contribution in [0.5, 0.6) is 0 Å². The largest absolute Gasteiger partial charge is 0.316 e. The SMILES string of the molecule is FC1CCCCC12CCNC2. The molecule has 1 saturated carbocycles. The quantitative estimate of drug-likeness (QED) is 0.566. The van der Waals surface area contributed by atoms with E-state index in [0.29, 0.717) is 0 Å². The molecule has 1 saturated heterocycles. The molecule has 2 aliphatic rings. The van der Waals surface area contributed by atoms with Crippen LogP contribution >= 0.6 is 0 Å². The minimum Gasteiger partial charge on any atom is -0.316 e. The van der Waals surface area contributed by atoms with Gasteiger partial charge in [0.1, 0.15) is 6.17 Å². The monoisotopic (exact) mass is 157 g/mol. The topological polar surface area (TPSA) is 12.0 Å². The fraction of sp³-hybridized carbons (Fsp3) is 1.00. The summed E-state index contributed by atoms with van der Waals surface area (Å²) in [7, 11) is 0. The summed E-state index contributed by atoms with van der Waals surface area (Å²) in [5.74, 6) is 0. The van der Waals surface area contributed by atoms with Crippen molar-refractivity contribution >= 4 is 0 Å². The summed E-state index contributed by atoms with van der Waals surface area (Å²) in [5.41, 5.74) is 0.0538. The molecule has 1 aliphatic heterocycles. The molecule has 1 spiro atoms. The molecule has 2 atom stereocenters. The Morgan fingerprint density at radius 2 is 2.18 bits per heavy atom. The molecular weight excluding hydrogens is 141 g/mol. The maximum Gasteiger partial charge on any atom is 0.107 e. The number of alkyl halides is 1. The fourth-order valence-electron chi connectivity index (χ4n) is 2.51. The summed E-state index contributed by atoms with van der Waals surface area (Å²) >= 11 is 0. The predicted molar refractivity (Wildman–Crippen MR) is 43.3 cm³/mol. The van der Waals surface area contributed by atoms with E-state index < -0.39 is 6.17 Å². The van der Waals surface area contributed by atoms with Crippen LogP contribution in [0.3, 0.4) is 0 Å². The van der Waals surface area contributed by atoms with Crippen LogP contribution in [0.4, 0.5) is 4.39 Å². The van der Waals surface area contributed by atoms with Gasteiger partial charge in [0.15, 0.2) is 0 Å². The first-order valence-corrected chi connectivity index (χ1v) is 4.68. The first-order valence-electron chi connectivity index (χ1n) is 4.68. The summed E-state index contributed by atoms with van der Waals surface area (Å²) in [6.45, 7) is 1.95. The van der Waals surface area contributed by atoms with E-state index in [1.807, 2.05) is 0 Å². The van der Waals surface area contributed by atoms with Crippen molar-refractivity contribution in [1.29, 1.82) is 0 Å². The Morgan fingerprint density at radius 1 is 1.27 bits per heavy atom. The van der Waals surface area contributed by atoms with E-state index in [0.717, 1.165) is 38.8 Å². The minimum absolute atomic E-state index is 0.0538. The van der Waals surface area contributed by atoms with E-state index in [9.17, 15) is 4.39 Å². The van der Waals surface area contributed by atoms with Crippen molar-refractivity contribution in [2.75, 3.05) is 13.1 Å². The van der Waals surface area contributed by atoms with Crippen LogP contribution in [0.15, 0.2) is 0 Å². The molecule has 1 aliphatic carbocycles. The Balaban J connectivity index is 2.07. The van der Waals surface area contributed by atoms with Gasteiger partial charge < -0.3 is 5.32 Å². The fourth-order valence-corrected chi connectivity index (χ4v) is 2.51. The molecule has 1 heterocycles. The molecule has 2 rings (SSSR count). The molecule has 0 radical (unpaired) electrons. The van der Waals surface area contributed by atoms with Crippen LogP contribution in [0.2, 0.25) is 0 Å². The Morgan fingerprint density at radius 3 is 2.82 bits per heavy atom. The second-order valence-electron chi connectivity index (χ2n) is 4.00. The van der Waals surface area contributed by atoms with E-state index in [1.165, 1.54) is 6.42 Å². The van der Waals surface area contributed by atoms with Gasteiger partial charge in [0.25, 0.3) is 0 Å². The zero-order valence-electron chi connectivity index (χ0n) is 6.91. The normalized spacial score (nSPS) is 45.0.